The molecule has 1 unspecified atom stereocenters. The molecule has 2 nitrogen and oxygen atoms in total. The van der Waals surface area contributed by atoms with E-state index in [4.69, 9.17) is 0 Å². The van der Waals surface area contributed by atoms with Crippen molar-refractivity contribution in [3.05, 3.63) is 107 Å². The maximum atomic E-state index is 13.4. The van der Waals surface area contributed by atoms with Gasteiger partial charge in [-0.15, -0.1) is 0 Å². The molecule has 0 bridgehead atoms. The normalized spacial score (nSPS) is 17.0. The van der Waals surface area contributed by atoms with Crippen molar-refractivity contribution in [2.75, 3.05) is 13.1 Å². The van der Waals surface area contributed by atoms with E-state index >= 15 is 0 Å². The summed E-state index contributed by atoms with van der Waals surface area (Å²) < 4.78 is 13.3. The number of halogens is 1. The van der Waals surface area contributed by atoms with Crippen LogP contribution in [0.2, 0.25) is 0 Å². The van der Waals surface area contributed by atoms with Gasteiger partial charge in [-0.3, -0.25) is 4.79 Å². The van der Waals surface area contributed by atoms with Gasteiger partial charge in [0.25, 0.3) is 0 Å². The fourth-order valence-electron chi connectivity index (χ4n) is 4.48. The number of hydrogen-bond acceptors (Lipinski definition) is 1. The van der Waals surface area contributed by atoms with Crippen molar-refractivity contribution in [1.29, 1.82) is 0 Å². The highest BCUT2D eigenvalue weighted by Crippen LogP contribution is 2.31. The van der Waals surface area contributed by atoms with Crippen LogP contribution in [-0.4, -0.2) is 23.9 Å². The topological polar surface area (TPSA) is 20.3 Å². The summed E-state index contributed by atoms with van der Waals surface area (Å²) in [5.74, 6) is 0.298. The molecule has 1 amide bonds. The first-order valence-corrected chi connectivity index (χ1v) is 10.8. The average molecular weight is 402 g/mol. The molecule has 0 spiro atoms. The monoisotopic (exact) mass is 401 g/mol. The van der Waals surface area contributed by atoms with Crippen molar-refractivity contribution in [2.24, 2.45) is 0 Å². The first-order valence-electron chi connectivity index (χ1n) is 10.8. The van der Waals surface area contributed by atoms with Crippen LogP contribution in [0.4, 0.5) is 4.39 Å². The molecule has 154 valence electrons. The fraction of sp³-hybridized carbons (Fsp3) is 0.296. The van der Waals surface area contributed by atoms with E-state index in [1.807, 2.05) is 53.4 Å². The number of likely N-dealkylation sites (tertiary alicyclic amines) is 1. The minimum atomic E-state index is -0.214. The highest BCUT2D eigenvalue weighted by molar-refractivity contribution is 5.78. The molecule has 30 heavy (non-hydrogen) atoms. The molecule has 4 rings (SSSR count). The van der Waals surface area contributed by atoms with Crippen molar-refractivity contribution in [1.82, 2.24) is 4.90 Å². The molecule has 1 saturated heterocycles. The Bertz CT molecular complexity index is 900. The second-order valence-corrected chi connectivity index (χ2v) is 8.16. The van der Waals surface area contributed by atoms with E-state index in [0.717, 1.165) is 31.4 Å². The summed E-state index contributed by atoms with van der Waals surface area (Å²) in [4.78, 5) is 15.4. The van der Waals surface area contributed by atoms with Crippen molar-refractivity contribution in [3.63, 3.8) is 0 Å². The van der Waals surface area contributed by atoms with Crippen LogP contribution < -0.4 is 0 Å². The number of carbonyl (C=O) groups excluding carboxylic acids is 1. The van der Waals surface area contributed by atoms with E-state index < -0.39 is 0 Å². The number of benzene rings is 3. The molecular formula is C27H28FNO. The zero-order valence-corrected chi connectivity index (χ0v) is 17.2. The lowest BCUT2D eigenvalue weighted by Gasteiger charge is -2.27. The van der Waals surface area contributed by atoms with Crippen LogP contribution in [0.3, 0.4) is 0 Å². The lowest BCUT2D eigenvalue weighted by atomic mass is 9.88. The summed E-state index contributed by atoms with van der Waals surface area (Å²) in [6.07, 6.45) is 3.61. The van der Waals surface area contributed by atoms with Gasteiger partial charge in [0.15, 0.2) is 0 Å². The van der Waals surface area contributed by atoms with Gasteiger partial charge in [-0.1, -0.05) is 79.2 Å². The Hall–Kier alpha value is -2.94. The number of nitrogens with zero attached hydrogens (tertiary/aromatic N) is 1. The molecule has 0 aliphatic carbocycles. The third-order valence-electron chi connectivity index (χ3n) is 6.15. The number of hydrogen-bond donors (Lipinski definition) is 0. The van der Waals surface area contributed by atoms with Crippen LogP contribution in [-0.2, 0) is 4.79 Å². The van der Waals surface area contributed by atoms with Gasteiger partial charge in [0.2, 0.25) is 5.91 Å². The predicted octanol–water partition coefficient (Wildman–Crippen LogP) is 6.14. The molecular weight excluding hydrogens is 373 g/mol. The molecule has 0 aromatic heterocycles. The van der Waals surface area contributed by atoms with Gasteiger partial charge in [0.05, 0.1) is 0 Å². The molecule has 1 atom stereocenters. The van der Waals surface area contributed by atoms with E-state index in [9.17, 15) is 9.18 Å². The lowest BCUT2D eigenvalue weighted by Crippen LogP contribution is -2.35. The van der Waals surface area contributed by atoms with Crippen LogP contribution in [0.15, 0.2) is 84.9 Å². The first-order chi connectivity index (χ1) is 14.7. The van der Waals surface area contributed by atoms with Gasteiger partial charge in [-0.2, -0.15) is 0 Å². The second-order valence-electron chi connectivity index (χ2n) is 8.16. The quantitative estimate of drug-likeness (QED) is 0.502. The van der Waals surface area contributed by atoms with Gasteiger partial charge in [-0.05, 0) is 41.7 Å². The molecule has 0 N–H and O–H groups in total. The molecule has 1 aliphatic rings. The summed E-state index contributed by atoms with van der Waals surface area (Å²) in [5.41, 5.74) is 3.46. The maximum Gasteiger partial charge on any atom is 0.223 e. The summed E-state index contributed by atoms with van der Waals surface area (Å²) in [7, 11) is 0. The highest BCUT2D eigenvalue weighted by atomic mass is 19.1. The van der Waals surface area contributed by atoms with Gasteiger partial charge >= 0.3 is 0 Å². The zero-order chi connectivity index (χ0) is 20.8. The van der Waals surface area contributed by atoms with Crippen LogP contribution in [0.1, 0.15) is 54.2 Å². The third kappa shape index (κ3) is 4.96. The Morgan fingerprint density at radius 1 is 0.867 bits per heavy atom. The van der Waals surface area contributed by atoms with E-state index in [0.29, 0.717) is 13.0 Å². The summed E-state index contributed by atoms with van der Waals surface area (Å²) >= 11 is 0. The van der Waals surface area contributed by atoms with Crippen LogP contribution >= 0.6 is 0 Å². The minimum Gasteiger partial charge on any atom is -0.342 e. The average Bonchev–Trinajstić information content (AvgIpc) is 3.05. The van der Waals surface area contributed by atoms with Gasteiger partial charge in [0.1, 0.15) is 5.82 Å². The lowest BCUT2D eigenvalue weighted by molar-refractivity contribution is -0.131. The fourth-order valence-corrected chi connectivity index (χ4v) is 4.48. The Balaban J connectivity index is 1.53. The van der Waals surface area contributed by atoms with E-state index in [2.05, 4.69) is 24.3 Å². The molecule has 1 fully saturated rings. The largest absolute Gasteiger partial charge is 0.342 e. The van der Waals surface area contributed by atoms with Crippen molar-refractivity contribution >= 4 is 5.91 Å². The first kappa shape index (κ1) is 20.3. The Labute approximate surface area is 178 Å². The Kier molecular flexibility index (Phi) is 6.58. The molecule has 3 aromatic rings. The van der Waals surface area contributed by atoms with Crippen molar-refractivity contribution in [2.45, 2.75) is 37.5 Å². The summed E-state index contributed by atoms with van der Waals surface area (Å²) in [6.45, 7) is 1.51. The van der Waals surface area contributed by atoms with Gasteiger partial charge in [-0.25, -0.2) is 4.39 Å². The number of carbonyl (C=O) groups is 1. The van der Waals surface area contributed by atoms with Gasteiger partial charge in [0, 0.05) is 31.3 Å². The molecule has 3 heteroatoms. The Morgan fingerprint density at radius 2 is 1.47 bits per heavy atom. The van der Waals surface area contributed by atoms with E-state index in [-0.39, 0.29) is 23.6 Å². The summed E-state index contributed by atoms with van der Waals surface area (Å²) in [5, 5.41) is 0. The highest BCUT2D eigenvalue weighted by Gasteiger charge is 2.26. The van der Waals surface area contributed by atoms with Crippen LogP contribution in [0.25, 0.3) is 0 Å². The SMILES string of the molecule is O=C(CC(c1ccccc1)c1ccccc1)N1CCCCC(c2ccc(F)cc2)C1. The van der Waals surface area contributed by atoms with Crippen molar-refractivity contribution in [3.8, 4) is 0 Å². The number of amides is 1. The minimum absolute atomic E-state index is 0.0485. The smallest absolute Gasteiger partial charge is 0.223 e. The van der Waals surface area contributed by atoms with Crippen LogP contribution in [0, 0.1) is 5.82 Å². The van der Waals surface area contributed by atoms with E-state index in [1.54, 1.807) is 0 Å². The number of rotatable bonds is 5. The standard InChI is InChI=1S/C27H28FNO/c28-25-16-14-21(15-17-25)24-13-7-8-18-29(20-24)27(30)19-26(22-9-3-1-4-10-22)23-11-5-2-6-12-23/h1-6,9-12,14-17,24,26H,7-8,13,18-20H2. The molecule has 3 aromatic carbocycles. The third-order valence-corrected chi connectivity index (χ3v) is 6.15. The second kappa shape index (κ2) is 9.71. The molecule has 0 radical (unpaired) electrons. The molecule has 1 aliphatic heterocycles. The zero-order valence-electron chi connectivity index (χ0n) is 17.2. The van der Waals surface area contributed by atoms with Crippen LogP contribution in [0.5, 0.6) is 0 Å². The molecule has 1 heterocycles. The maximum absolute atomic E-state index is 13.4. The van der Waals surface area contributed by atoms with Gasteiger partial charge < -0.3 is 4.90 Å². The predicted molar refractivity (Wildman–Crippen MR) is 119 cm³/mol. The van der Waals surface area contributed by atoms with Crippen molar-refractivity contribution < 1.29 is 9.18 Å². The Morgan fingerprint density at radius 3 is 2.07 bits per heavy atom. The summed E-state index contributed by atoms with van der Waals surface area (Å²) in [6, 6.07) is 27.4. The van der Waals surface area contributed by atoms with E-state index in [1.165, 1.54) is 23.3 Å². The molecule has 0 saturated carbocycles.